The standard InChI is InChI=1S/C18H18N8O5/c19-14-13-15(26-18(20)25-14)22-7-10(23-13)6-21-9-3-1-8(2-4-9)16(29)24-11(17(30)31)5-12(27)28/h1-4,7,11,21H,5-6H2,(H,24,29)(H,27,28)(H,30,31)(H4,19,20,22,25,26)/t11-/m1/s1. The fourth-order valence-electron chi connectivity index (χ4n) is 2.62. The summed E-state index contributed by atoms with van der Waals surface area (Å²) in [5.74, 6) is -3.34. The number of nitrogens with one attached hydrogen (secondary N) is 2. The Hall–Kier alpha value is -4.55. The Bertz CT molecular complexity index is 1150. The van der Waals surface area contributed by atoms with E-state index in [4.69, 9.17) is 21.7 Å². The third kappa shape index (κ3) is 5.29. The molecule has 0 spiro atoms. The molecule has 1 aromatic carbocycles. The number of nitrogens with two attached hydrogens (primary N) is 2. The van der Waals surface area contributed by atoms with Crippen molar-refractivity contribution >= 4 is 46.5 Å². The van der Waals surface area contributed by atoms with Crippen molar-refractivity contribution in [3.8, 4) is 0 Å². The Labute approximate surface area is 174 Å². The Morgan fingerprint density at radius 3 is 2.39 bits per heavy atom. The van der Waals surface area contributed by atoms with Gasteiger partial charge in [0.15, 0.2) is 17.0 Å². The summed E-state index contributed by atoms with van der Waals surface area (Å²) in [6.07, 6.45) is 0.785. The first kappa shape index (κ1) is 21.2. The number of hydrogen-bond donors (Lipinski definition) is 6. The van der Waals surface area contributed by atoms with E-state index < -0.39 is 30.3 Å². The summed E-state index contributed by atoms with van der Waals surface area (Å²) in [6, 6.07) is 4.63. The summed E-state index contributed by atoms with van der Waals surface area (Å²) in [6.45, 7) is 0.290. The summed E-state index contributed by atoms with van der Waals surface area (Å²) < 4.78 is 0. The fourth-order valence-corrected chi connectivity index (χ4v) is 2.62. The molecule has 3 rings (SSSR count). The molecule has 13 nitrogen and oxygen atoms in total. The molecule has 1 amide bonds. The first-order valence-electron chi connectivity index (χ1n) is 8.87. The van der Waals surface area contributed by atoms with Gasteiger partial charge in [0.05, 0.1) is 24.9 Å². The van der Waals surface area contributed by atoms with Crippen LogP contribution in [0.2, 0.25) is 0 Å². The second-order valence-corrected chi connectivity index (χ2v) is 6.39. The van der Waals surface area contributed by atoms with Gasteiger partial charge >= 0.3 is 11.9 Å². The van der Waals surface area contributed by atoms with Gasteiger partial charge in [0.1, 0.15) is 6.04 Å². The minimum atomic E-state index is -1.53. The summed E-state index contributed by atoms with van der Waals surface area (Å²) in [4.78, 5) is 50.3. The van der Waals surface area contributed by atoms with Crippen LogP contribution in [0, 0.1) is 0 Å². The first-order chi connectivity index (χ1) is 14.7. The average molecular weight is 426 g/mol. The molecule has 160 valence electrons. The van der Waals surface area contributed by atoms with Crippen molar-refractivity contribution in [3.05, 3.63) is 41.7 Å². The number of rotatable bonds is 8. The lowest BCUT2D eigenvalue weighted by Gasteiger charge is -2.13. The van der Waals surface area contributed by atoms with Crippen LogP contribution in [0.5, 0.6) is 0 Å². The molecule has 0 saturated carbocycles. The summed E-state index contributed by atoms with van der Waals surface area (Å²) in [5, 5.41) is 23.0. The SMILES string of the molecule is Nc1nc(N)c2nc(CNc3ccc(C(=O)N[C@H](CC(=O)O)C(=O)O)cc3)cnc2n1. The van der Waals surface area contributed by atoms with Gasteiger partial charge in [-0.3, -0.25) is 9.59 Å². The number of nitrogen functional groups attached to an aromatic ring is 2. The number of carboxylic acids is 2. The average Bonchev–Trinajstić information content (AvgIpc) is 2.71. The fraction of sp³-hybridized carbons (Fsp3) is 0.167. The zero-order valence-electron chi connectivity index (χ0n) is 15.9. The largest absolute Gasteiger partial charge is 0.481 e. The van der Waals surface area contributed by atoms with Crippen LogP contribution in [-0.4, -0.2) is 54.0 Å². The van der Waals surface area contributed by atoms with Crippen molar-refractivity contribution in [2.24, 2.45) is 0 Å². The predicted octanol–water partition coefficient (Wildman–Crippen LogP) is -0.146. The number of aliphatic carboxylic acids is 2. The highest BCUT2D eigenvalue weighted by Crippen LogP contribution is 2.16. The lowest BCUT2D eigenvalue weighted by atomic mass is 10.1. The monoisotopic (exact) mass is 426 g/mol. The van der Waals surface area contributed by atoms with Gasteiger partial charge in [-0.25, -0.2) is 14.8 Å². The molecule has 31 heavy (non-hydrogen) atoms. The summed E-state index contributed by atoms with van der Waals surface area (Å²) in [7, 11) is 0. The number of benzene rings is 1. The zero-order valence-corrected chi connectivity index (χ0v) is 15.9. The Kier molecular flexibility index (Phi) is 6.05. The molecule has 0 aliphatic carbocycles. The van der Waals surface area contributed by atoms with Gasteiger partial charge in [-0.15, -0.1) is 0 Å². The molecule has 0 radical (unpaired) electrons. The smallest absolute Gasteiger partial charge is 0.326 e. The van der Waals surface area contributed by atoms with Crippen LogP contribution < -0.4 is 22.1 Å². The number of fused-ring (bicyclic) bond motifs is 1. The maximum Gasteiger partial charge on any atom is 0.326 e. The van der Waals surface area contributed by atoms with Crippen LogP contribution in [0.25, 0.3) is 11.2 Å². The van der Waals surface area contributed by atoms with E-state index in [0.717, 1.165) is 0 Å². The van der Waals surface area contributed by atoms with Gasteiger partial charge in [-0.1, -0.05) is 0 Å². The van der Waals surface area contributed by atoms with Gasteiger partial charge in [0, 0.05) is 11.3 Å². The molecule has 0 aliphatic rings. The van der Waals surface area contributed by atoms with E-state index in [1.54, 1.807) is 12.1 Å². The topological polar surface area (TPSA) is 219 Å². The van der Waals surface area contributed by atoms with Gasteiger partial charge in [0.2, 0.25) is 5.95 Å². The van der Waals surface area contributed by atoms with Gasteiger partial charge < -0.3 is 32.3 Å². The van der Waals surface area contributed by atoms with Gasteiger partial charge in [-0.05, 0) is 24.3 Å². The molecular formula is C18H18N8O5. The van der Waals surface area contributed by atoms with Crippen molar-refractivity contribution in [3.63, 3.8) is 0 Å². The Balaban J connectivity index is 1.64. The van der Waals surface area contributed by atoms with Crippen molar-refractivity contribution in [2.75, 3.05) is 16.8 Å². The lowest BCUT2D eigenvalue weighted by molar-refractivity contribution is -0.145. The molecule has 0 bridgehead atoms. The van der Waals surface area contributed by atoms with Crippen molar-refractivity contribution in [2.45, 2.75) is 19.0 Å². The van der Waals surface area contributed by atoms with E-state index in [1.807, 2.05) is 0 Å². The number of aromatic nitrogens is 4. The van der Waals surface area contributed by atoms with Crippen LogP contribution >= 0.6 is 0 Å². The highest BCUT2D eigenvalue weighted by molar-refractivity contribution is 5.97. The zero-order chi connectivity index (χ0) is 22.5. The molecule has 2 aromatic heterocycles. The molecule has 0 unspecified atom stereocenters. The third-order valence-corrected chi connectivity index (χ3v) is 4.10. The normalized spacial score (nSPS) is 11.6. The number of carbonyl (C=O) groups is 3. The predicted molar refractivity (Wildman–Crippen MR) is 109 cm³/mol. The maximum absolute atomic E-state index is 12.2. The number of carboxylic acid groups (broad SMARTS) is 2. The summed E-state index contributed by atoms with van der Waals surface area (Å²) >= 11 is 0. The molecule has 1 atom stereocenters. The number of nitrogens with zero attached hydrogens (tertiary/aromatic N) is 4. The molecule has 0 fully saturated rings. The van der Waals surface area contributed by atoms with E-state index >= 15 is 0 Å². The minimum absolute atomic E-state index is 0.00642. The van der Waals surface area contributed by atoms with Gasteiger partial charge in [-0.2, -0.15) is 9.97 Å². The quantitative estimate of drug-likeness (QED) is 0.277. The number of carbonyl (C=O) groups excluding carboxylic acids is 1. The van der Waals surface area contributed by atoms with Crippen molar-refractivity contribution in [1.29, 1.82) is 0 Å². The van der Waals surface area contributed by atoms with Crippen LogP contribution in [0.1, 0.15) is 22.5 Å². The molecule has 13 heteroatoms. The van der Waals surface area contributed by atoms with E-state index in [2.05, 4.69) is 30.6 Å². The molecule has 3 aromatic rings. The van der Waals surface area contributed by atoms with Crippen LogP contribution in [-0.2, 0) is 16.1 Å². The summed E-state index contributed by atoms with van der Waals surface area (Å²) in [5.41, 5.74) is 13.3. The highest BCUT2D eigenvalue weighted by atomic mass is 16.4. The third-order valence-electron chi connectivity index (χ3n) is 4.10. The van der Waals surface area contributed by atoms with Crippen molar-refractivity contribution < 1.29 is 24.6 Å². The Morgan fingerprint density at radius 1 is 1.03 bits per heavy atom. The lowest BCUT2D eigenvalue weighted by Crippen LogP contribution is -2.42. The number of anilines is 3. The van der Waals surface area contributed by atoms with Crippen molar-refractivity contribution in [1.82, 2.24) is 25.3 Å². The van der Waals surface area contributed by atoms with Gasteiger partial charge in [0.25, 0.3) is 5.91 Å². The second kappa shape index (κ2) is 8.86. The molecule has 0 saturated heterocycles. The minimum Gasteiger partial charge on any atom is -0.481 e. The van der Waals surface area contributed by atoms with E-state index in [0.29, 0.717) is 16.9 Å². The van der Waals surface area contributed by atoms with E-state index in [-0.39, 0.29) is 29.5 Å². The van der Waals surface area contributed by atoms with Crippen LogP contribution in [0.4, 0.5) is 17.5 Å². The maximum atomic E-state index is 12.2. The first-order valence-corrected chi connectivity index (χ1v) is 8.87. The number of hydrogen-bond acceptors (Lipinski definition) is 10. The molecule has 8 N–H and O–H groups in total. The molecule has 0 aliphatic heterocycles. The highest BCUT2D eigenvalue weighted by Gasteiger charge is 2.23. The van der Waals surface area contributed by atoms with Crippen LogP contribution in [0.15, 0.2) is 30.5 Å². The van der Waals surface area contributed by atoms with Crippen LogP contribution in [0.3, 0.4) is 0 Å². The molecule has 2 heterocycles. The second-order valence-electron chi connectivity index (χ2n) is 6.39. The molecular weight excluding hydrogens is 408 g/mol. The Morgan fingerprint density at radius 2 is 1.74 bits per heavy atom. The van der Waals surface area contributed by atoms with E-state index in [1.165, 1.54) is 18.3 Å². The number of amides is 1. The van der Waals surface area contributed by atoms with E-state index in [9.17, 15) is 14.4 Å².